The average molecular weight is 381 g/mol. The van der Waals surface area contributed by atoms with E-state index < -0.39 is 23.1 Å². The van der Waals surface area contributed by atoms with Crippen LogP contribution in [-0.2, 0) is 11.3 Å². The molecule has 0 aliphatic carbocycles. The molecule has 7 nitrogen and oxygen atoms in total. The standard InChI is InChI=1S/C19H13F2N5O2/c20-12-6-7-16(15(21)8-12)24-17(27)10-25-11-22-18-14(19(25)28)9-23-26(18)13-4-2-1-3-5-13/h1-9,11H,10H2,(H,24,27). The number of fused-ring (bicyclic) bond motifs is 1. The number of benzene rings is 2. The molecule has 28 heavy (non-hydrogen) atoms. The molecule has 0 radical (unpaired) electrons. The highest BCUT2D eigenvalue weighted by atomic mass is 19.1. The van der Waals surface area contributed by atoms with E-state index in [1.165, 1.54) is 17.2 Å². The first-order valence-corrected chi connectivity index (χ1v) is 8.26. The van der Waals surface area contributed by atoms with E-state index in [-0.39, 0.29) is 17.6 Å². The highest BCUT2D eigenvalue weighted by Crippen LogP contribution is 2.15. The van der Waals surface area contributed by atoms with E-state index in [2.05, 4.69) is 15.4 Å². The second-order valence-corrected chi connectivity index (χ2v) is 5.98. The van der Waals surface area contributed by atoms with E-state index in [0.717, 1.165) is 22.4 Å². The second kappa shape index (κ2) is 7.03. The molecule has 0 unspecified atom stereocenters. The molecule has 140 valence electrons. The molecule has 0 atom stereocenters. The van der Waals surface area contributed by atoms with Gasteiger partial charge in [-0.15, -0.1) is 0 Å². The van der Waals surface area contributed by atoms with Gasteiger partial charge in [0.25, 0.3) is 5.56 Å². The Labute approximate surface area is 156 Å². The van der Waals surface area contributed by atoms with Gasteiger partial charge in [0.05, 0.1) is 17.6 Å². The predicted molar refractivity (Wildman–Crippen MR) is 98.1 cm³/mol. The fourth-order valence-corrected chi connectivity index (χ4v) is 2.75. The molecule has 0 saturated heterocycles. The third-order valence-electron chi connectivity index (χ3n) is 4.07. The minimum atomic E-state index is -0.904. The van der Waals surface area contributed by atoms with Crippen molar-refractivity contribution < 1.29 is 13.6 Å². The van der Waals surface area contributed by atoms with Gasteiger partial charge in [-0.3, -0.25) is 14.2 Å². The van der Waals surface area contributed by atoms with Crippen molar-refractivity contribution in [1.82, 2.24) is 19.3 Å². The predicted octanol–water partition coefficient (Wildman–Crippen LogP) is 2.50. The normalized spacial score (nSPS) is 10.9. The number of anilines is 1. The Morgan fingerprint density at radius 1 is 1.11 bits per heavy atom. The Hall–Kier alpha value is -3.88. The van der Waals surface area contributed by atoms with Crippen LogP contribution < -0.4 is 10.9 Å². The summed E-state index contributed by atoms with van der Waals surface area (Å²) in [6.45, 7) is -0.380. The van der Waals surface area contributed by atoms with Crippen molar-refractivity contribution in [2.45, 2.75) is 6.54 Å². The fraction of sp³-hybridized carbons (Fsp3) is 0.0526. The van der Waals surface area contributed by atoms with Crippen LogP contribution in [0.3, 0.4) is 0 Å². The SMILES string of the molecule is O=C(Cn1cnc2c(cnn2-c2ccccc2)c1=O)Nc1ccc(F)cc1F. The summed E-state index contributed by atoms with van der Waals surface area (Å²) < 4.78 is 29.2. The van der Waals surface area contributed by atoms with Crippen LogP contribution in [0.25, 0.3) is 16.7 Å². The lowest BCUT2D eigenvalue weighted by molar-refractivity contribution is -0.116. The number of hydrogen-bond donors (Lipinski definition) is 1. The molecule has 0 fully saturated rings. The molecule has 0 bridgehead atoms. The summed E-state index contributed by atoms with van der Waals surface area (Å²) in [5.74, 6) is -2.31. The number of amides is 1. The van der Waals surface area contributed by atoms with Crippen LogP contribution in [0.4, 0.5) is 14.5 Å². The fourth-order valence-electron chi connectivity index (χ4n) is 2.75. The Morgan fingerprint density at radius 2 is 1.89 bits per heavy atom. The largest absolute Gasteiger partial charge is 0.322 e. The first-order valence-electron chi connectivity index (χ1n) is 8.26. The number of hydrogen-bond acceptors (Lipinski definition) is 4. The third-order valence-corrected chi connectivity index (χ3v) is 4.07. The summed E-state index contributed by atoms with van der Waals surface area (Å²) in [5, 5.41) is 6.74. The van der Waals surface area contributed by atoms with E-state index in [1.54, 1.807) is 0 Å². The number of nitrogens with zero attached hydrogens (tertiary/aromatic N) is 4. The van der Waals surface area contributed by atoms with Gasteiger partial charge >= 0.3 is 0 Å². The van der Waals surface area contributed by atoms with Gasteiger partial charge in [0.2, 0.25) is 5.91 Å². The van der Waals surface area contributed by atoms with Crippen molar-refractivity contribution in [2.24, 2.45) is 0 Å². The van der Waals surface area contributed by atoms with Gasteiger partial charge in [0.1, 0.15) is 29.9 Å². The zero-order valence-electron chi connectivity index (χ0n) is 14.3. The van der Waals surface area contributed by atoms with Crippen LogP contribution in [0.5, 0.6) is 0 Å². The van der Waals surface area contributed by atoms with Gasteiger partial charge in [0, 0.05) is 6.07 Å². The van der Waals surface area contributed by atoms with Crippen molar-refractivity contribution in [2.75, 3.05) is 5.32 Å². The summed E-state index contributed by atoms with van der Waals surface area (Å²) in [4.78, 5) is 29.0. The summed E-state index contributed by atoms with van der Waals surface area (Å²) in [6, 6.07) is 12.0. The van der Waals surface area contributed by atoms with E-state index in [4.69, 9.17) is 0 Å². The summed E-state index contributed by atoms with van der Waals surface area (Å²) in [7, 11) is 0. The van der Waals surface area contributed by atoms with Gasteiger partial charge in [-0.25, -0.2) is 18.4 Å². The molecular weight excluding hydrogens is 368 g/mol. The molecule has 0 spiro atoms. The molecule has 1 N–H and O–H groups in total. The molecule has 0 aliphatic heterocycles. The lowest BCUT2D eigenvalue weighted by atomic mass is 10.3. The Balaban J connectivity index is 1.60. The number of para-hydroxylation sites is 1. The second-order valence-electron chi connectivity index (χ2n) is 5.98. The summed E-state index contributed by atoms with van der Waals surface area (Å²) >= 11 is 0. The van der Waals surface area contributed by atoms with Gasteiger partial charge in [-0.05, 0) is 24.3 Å². The molecule has 0 aliphatic rings. The van der Waals surface area contributed by atoms with Crippen LogP contribution in [0.2, 0.25) is 0 Å². The zero-order chi connectivity index (χ0) is 19.7. The smallest absolute Gasteiger partial charge is 0.264 e. The Kier molecular flexibility index (Phi) is 4.40. The highest BCUT2D eigenvalue weighted by molar-refractivity contribution is 5.90. The van der Waals surface area contributed by atoms with Crippen molar-refractivity contribution in [1.29, 1.82) is 0 Å². The molecular formula is C19H13F2N5O2. The molecule has 2 heterocycles. The minimum absolute atomic E-state index is 0.176. The van der Waals surface area contributed by atoms with Crippen LogP contribution in [-0.4, -0.2) is 25.2 Å². The van der Waals surface area contributed by atoms with Gasteiger partial charge in [-0.1, -0.05) is 18.2 Å². The quantitative estimate of drug-likeness (QED) is 0.589. The number of nitrogens with one attached hydrogen (secondary N) is 1. The number of aromatic nitrogens is 4. The molecule has 4 rings (SSSR count). The first-order chi connectivity index (χ1) is 13.5. The topological polar surface area (TPSA) is 81.8 Å². The molecule has 2 aromatic heterocycles. The zero-order valence-corrected chi connectivity index (χ0v) is 14.3. The van der Waals surface area contributed by atoms with E-state index in [0.29, 0.717) is 11.7 Å². The minimum Gasteiger partial charge on any atom is -0.322 e. The van der Waals surface area contributed by atoms with Gasteiger partial charge in [0.15, 0.2) is 5.65 Å². The van der Waals surface area contributed by atoms with Crippen LogP contribution in [0, 0.1) is 11.6 Å². The molecule has 4 aromatic rings. The number of carbonyl (C=O) groups is 1. The lowest BCUT2D eigenvalue weighted by Gasteiger charge is -2.08. The number of rotatable bonds is 4. The number of halogens is 2. The van der Waals surface area contributed by atoms with Crippen molar-refractivity contribution in [3.05, 3.63) is 83.0 Å². The molecule has 2 aromatic carbocycles. The summed E-state index contributed by atoms with van der Waals surface area (Å²) in [5.41, 5.74) is 0.469. The molecule has 9 heteroatoms. The Morgan fingerprint density at radius 3 is 2.64 bits per heavy atom. The number of carbonyl (C=O) groups excluding carboxylic acids is 1. The van der Waals surface area contributed by atoms with Gasteiger partial charge < -0.3 is 5.32 Å². The van der Waals surface area contributed by atoms with Crippen molar-refractivity contribution >= 4 is 22.6 Å². The average Bonchev–Trinajstić information content (AvgIpc) is 3.12. The Bertz CT molecular complexity index is 1230. The monoisotopic (exact) mass is 381 g/mol. The van der Waals surface area contributed by atoms with E-state index in [9.17, 15) is 18.4 Å². The van der Waals surface area contributed by atoms with Crippen LogP contribution >= 0.6 is 0 Å². The van der Waals surface area contributed by atoms with Crippen molar-refractivity contribution in [3.63, 3.8) is 0 Å². The lowest BCUT2D eigenvalue weighted by Crippen LogP contribution is -2.28. The molecule has 0 saturated carbocycles. The highest BCUT2D eigenvalue weighted by Gasteiger charge is 2.14. The maximum absolute atomic E-state index is 13.7. The van der Waals surface area contributed by atoms with E-state index >= 15 is 0 Å². The van der Waals surface area contributed by atoms with Gasteiger partial charge in [-0.2, -0.15) is 5.10 Å². The maximum Gasteiger partial charge on any atom is 0.264 e. The first kappa shape index (κ1) is 17.5. The molecule has 1 amide bonds. The van der Waals surface area contributed by atoms with E-state index in [1.807, 2.05) is 30.3 Å². The third kappa shape index (κ3) is 3.25. The summed E-state index contributed by atoms with van der Waals surface area (Å²) in [6.07, 6.45) is 2.61. The maximum atomic E-state index is 13.7. The van der Waals surface area contributed by atoms with Crippen LogP contribution in [0.1, 0.15) is 0 Å². The van der Waals surface area contributed by atoms with Crippen molar-refractivity contribution in [3.8, 4) is 5.69 Å². The van der Waals surface area contributed by atoms with Crippen LogP contribution in [0.15, 0.2) is 65.8 Å².